The molecule has 2 aromatic rings. The predicted molar refractivity (Wildman–Crippen MR) is 90.0 cm³/mol. The summed E-state index contributed by atoms with van der Waals surface area (Å²) in [6.45, 7) is 8.08. The van der Waals surface area contributed by atoms with Crippen LogP contribution in [0.15, 0.2) is 30.9 Å². The summed E-state index contributed by atoms with van der Waals surface area (Å²) in [5, 5.41) is 22.9. The van der Waals surface area contributed by atoms with E-state index in [0.717, 1.165) is 16.7 Å². The van der Waals surface area contributed by atoms with Crippen molar-refractivity contribution < 1.29 is 0 Å². The molecule has 0 unspecified atom stereocenters. The summed E-state index contributed by atoms with van der Waals surface area (Å²) in [5.41, 5.74) is 1.60. The third kappa shape index (κ3) is 4.42. The van der Waals surface area contributed by atoms with Crippen LogP contribution >= 0.6 is 0 Å². The predicted octanol–water partition coefficient (Wildman–Crippen LogP) is 2.28. The van der Waals surface area contributed by atoms with Crippen molar-refractivity contribution in [1.29, 1.82) is 10.5 Å². The van der Waals surface area contributed by atoms with Gasteiger partial charge in [0.25, 0.3) is 0 Å². The molecular weight excluding hydrogens is 297 g/mol. The number of aromatic nitrogens is 3. The van der Waals surface area contributed by atoms with Gasteiger partial charge >= 0.3 is 29.6 Å². The van der Waals surface area contributed by atoms with Crippen molar-refractivity contribution in [3.05, 3.63) is 47.5 Å². The number of hydrogen-bond acceptors (Lipinski definition) is 4. The van der Waals surface area contributed by atoms with Crippen molar-refractivity contribution in [1.82, 2.24) is 14.8 Å². The van der Waals surface area contributed by atoms with E-state index in [1.807, 2.05) is 45.9 Å². The molecule has 0 N–H and O–H groups in total. The first kappa shape index (κ1) is 19.4. The Morgan fingerprint density at radius 3 is 1.91 bits per heavy atom. The SMILES string of the molecule is CC(C)(C#N)c1cc(Cn2cncn2)cc(C(C)(C)C#N)c1.[NaH]. The van der Waals surface area contributed by atoms with Gasteiger partial charge in [-0.1, -0.05) is 18.2 Å². The number of nitriles is 2. The molecule has 6 heteroatoms. The molecule has 1 aromatic heterocycles. The molecule has 0 radical (unpaired) electrons. The van der Waals surface area contributed by atoms with Gasteiger partial charge in [-0.3, -0.25) is 0 Å². The zero-order chi connectivity index (χ0) is 16.4. The minimum atomic E-state index is -0.612. The van der Waals surface area contributed by atoms with Gasteiger partial charge in [0.15, 0.2) is 0 Å². The maximum atomic E-state index is 9.40. The Labute approximate surface area is 159 Å². The molecule has 5 nitrogen and oxygen atoms in total. The summed E-state index contributed by atoms with van der Waals surface area (Å²) in [6.07, 6.45) is 3.14. The van der Waals surface area contributed by atoms with Crippen LogP contribution in [0.1, 0.15) is 44.4 Å². The summed E-state index contributed by atoms with van der Waals surface area (Å²) in [7, 11) is 0. The van der Waals surface area contributed by atoms with E-state index in [0.29, 0.717) is 6.54 Å². The van der Waals surface area contributed by atoms with Crippen molar-refractivity contribution in [3.63, 3.8) is 0 Å². The van der Waals surface area contributed by atoms with E-state index in [2.05, 4.69) is 22.2 Å². The molecule has 0 amide bonds. The van der Waals surface area contributed by atoms with E-state index in [1.54, 1.807) is 11.0 Å². The van der Waals surface area contributed by atoms with Gasteiger partial charge in [-0.2, -0.15) is 15.6 Å². The van der Waals surface area contributed by atoms with Crippen molar-refractivity contribution >= 4 is 29.6 Å². The quantitative estimate of drug-likeness (QED) is 0.810. The van der Waals surface area contributed by atoms with Crippen LogP contribution < -0.4 is 0 Å². The molecule has 23 heavy (non-hydrogen) atoms. The topological polar surface area (TPSA) is 78.3 Å². The fourth-order valence-corrected chi connectivity index (χ4v) is 2.14. The van der Waals surface area contributed by atoms with Crippen LogP contribution in [0, 0.1) is 22.7 Å². The Kier molecular flexibility index (Phi) is 6.13. The molecule has 0 aliphatic heterocycles. The van der Waals surface area contributed by atoms with Crippen LogP contribution in [0.5, 0.6) is 0 Å². The molecule has 0 saturated heterocycles. The summed E-state index contributed by atoms with van der Waals surface area (Å²) in [4.78, 5) is 3.94. The first-order valence-electron chi connectivity index (χ1n) is 7.08. The van der Waals surface area contributed by atoms with Gasteiger partial charge < -0.3 is 0 Å². The maximum absolute atomic E-state index is 9.40. The Balaban J connectivity index is 0.00000264. The molecule has 0 saturated carbocycles. The monoisotopic (exact) mass is 317 g/mol. The molecular formula is C17H20N5Na. The van der Waals surface area contributed by atoms with E-state index in [4.69, 9.17) is 0 Å². The Hall–Kier alpha value is -1.66. The van der Waals surface area contributed by atoms with E-state index in [9.17, 15) is 10.5 Å². The fraction of sp³-hybridized carbons (Fsp3) is 0.412. The third-order valence-corrected chi connectivity index (χ3v) is 3.81. The van der Waals surface area contributed by atoms with E-state index < -0.39 is 10.8 Å². The molecule has 0 bridgehead atoms. The summed E-state index contributed by atoms with van der Waals surface area (Å²) < 4.78 is 1.72. The van der Waals surface area contributed by atoms with Crippen molar-refractivity contribution in [2.45, 2.75) is 45.1 Å². The molecule has 1 heterocycles. The molecule has 0 spiro atoms. The zero-order valence-electron chi connectivity index (χ0n) is 13.3. The molecule has 114 valence electrons. The van der Waals surface area contributed by atoms with Crippen LogP contribution in [-0.2, 0) is 17.4 Å². The summed E-state index contributed by atoms with van der Waals surface area (Å²) in [6, 6.07) is 10.6. The molecule has 1 aromatic carbocycles. The van der Waals surface area contributed by atoms with E-state index in [1.165, 1.54) is 6.33 Å². The average Bonchev–Trinajstić information content (AvgIpc) is 2.99. The van der Waals surface area contributed by atoms with Crippen LogP contribution in [0.2, 0.25) is 0 Å². The van der Waals surface area contributed by atoms with Crippen molar-refractivity contribution in [2.24, 2.45) is 0 Å². The third-order valence-electron chi connectivity index (χ3n) is 3.81. The van der Waals surface area contributed by atoms with Crippen molar-refractivity contribution in [3.8, 4) is 12.1 Å². The van der Waals surface area contributed by atoms with Crippen LogP contribution in [-0.4, -0.2) is 44.3 Å². The van der Waals surface area contributed by atoms with Crippen molar-refractivity contribution in [2.75, 3.05) is 0 Å². The molecule has 2 rings (SSSR count). The van der Waals surface area contributed by atoms with Gasteiger partial charge in [-0.25, -0.2) is 9.67 Å². The fourth-order valence-electron chi connectivity index (χ4n) is 2.14. The molecule has 0 aliphatic carbocycles. The molecule has 0 atom stereocenters. The normalized spacial score (nSPS) is 11.2. The second-order valence-electron chi connectivity index (χ2n) is 6.49. The van der Waals surface area contributed by atoms with Gasteiger partial charge in [-0.15, -0.1) is 0 Å². The summed E-state index contributed by atoms with van der Waals surface area (Å²) >= 11 is 0. The van der Waals surface area contributed by atoms with Crippen LogP contribution in [0.25, 0.3) is 0 Å². The van der Waals surface area contributed by atoms with Gasteiger partial charge in [0.2, 0.25) is 0 Å². The molecule has 0 aliphatic rings. The number of nitrogens with zero attached hydrogens (tertiary/aromatic N) is 5. The standard InChI is InChI=1S/C17H19N5.Na.H/c1-16(2,9-18)14-5-13(8-22-12-20-11-21-22)6-15(7-14)17(3,4)10-19;;/h5-7,11-12H,8H2,1-4H3;;. The van der Waals surface area contributed by atoms with Crippen LogP contribution in [0.4, 0.5) is 0 Å². The minimum absolute atomic E-state index is 0. The van der Waals surface area contributed by atoms with Gasteiger partial charge in [0.05, 0.1) is 29.5 Å². The van der Waals surface area contributed by atoms with E-state index in [-0.39, 0.29) is 29.6 Å². The number of rotatable bonds is 4. The van der Waals surface area contributed by atoms with Crippen LogP contribution in [0.3, 0.4) is 0 Å². The van der Waals surface area contributed by atoms with Gasteiger partial charge in [-0.05, 0) is 44.4 Å². The Morgan fingerprint density at radius 1 is 1.00 bits per heavy atom. The first-order valence-corrected chi connectivity index (χ1v) is 7.08. The summed E-state index contributed by atoms with van der Waals surface area (Å²) in [5.74, 6) is 0. The first-order chi connectivity index (χ1) is 10.3. The van der Waals surface area contributed by atoms with Gasteiger partial charge in [0.1, 0.15) is 12.7 Å². The zero-order valence-corrected chi connectivity index (χ0v) is 13.3. The van der Waals surface area contributed by atoms with Gasteiger partial charge in [0, 0.05) is 0 Å². The second kappa shape index (κ2) is 7.27. The van der Waals surface area contributed by atoms with E-state index >= 15 is 0 Å². The Bertz CT molecular complexity index is 704. The Morgan fingerprint density at radius 2 is 1.52 bits per heavy atom. The number of hydrogen-bond donors (Lipinski definition) is 0. The average molecular weight is 317 g/mol. The second-order valence-corrected chi connectivity index (χ2v) is 6.49. The molecule has 0 fully saturated rings. The number of benzene rings is 1.